The van der Waals surface area contributed by atoms with E-state index in [9.17, 15) is 0 Å². The topological polar surface area (TPSA) is 47.0 Å². The predicted molar refractivity (Wildman–Crippen MR) is 71.4 cm³/mol. The van der Waals surface area contributed by atoms with E-state index in [1.807, 2.05) is 19.3 Å². The molecule has 4 heteroatoms. The summed E-state index contributed by atoms with van der Waals surface area (Å²) >= 11 is 0. The number of hydrogen-bond acceptors (Lipinski definition) is 4. The van der Waals surface area contributed by atoms with E-state index in [1.165, 1.54) is 12.8 Å². The fraction of sp³-hybridized carbons (Fsp3) is 0.714. The lowest BCUT2D eigenvalue weighted by Crippen LogP contribution is -2.23. The first kappa shape index (κ1) is 13.4. The van der Waals surface area contributed by atoms with Gasteiger partial charge < -0.3 is 10.1 Å². The molecule has 1 fully saturated rings. The first-order chi connectivity index (χ1) is 8.79. The molecule has 0 bridgehead atoms. The van der Waals surface area contributed by atoms with E-state index in [0.29, 0.717) is 12.1 Å². The summed E-state index contributed by atoms with van der Waals surface area (Å²) in [6, 6.07) is 0.298. The van der Waals surface area contributed by atoms with Crippen LogP contribution in [0.25, 0.3) is 0 Å². The zero-order valence-electron chi connectivity index (χ0n) is 11.4. The lowest BCUT2D eigenvalue weighted by Gasteiger charge is -2.19. The first-order valence-corrected chi connectivity index (χ1v) is 6.93. The highest BCUT2D eigenvalue weighted by molar-refractivity contribution is 5.05. The van der Waals surface area contributed by atoms with Crippen molar-refractivity contribution in [2.24, 2.45) is 0 Å². The summed E-state index contributed by atoms with van der Waals surface area (Å²) in [4.78, 5) is 8.80. The van der Waals surface area contributed by atoms with Gasteiger partial charge in [-0.05, 0) is 39.2 Å². The van der Waals surface area contributed by atoms with Gasteiger partial charge in [-0.3, -0.25) is 9.97 Å². The minimum Gasteiger partial charge on any atom is -0.378 e. The second-order valence-corrected chi connectivity index (χ2v) is 4.91. The molecule has 0 saturated carbocycles. The Morgan fingerprint density at radius 2 is 2.33 bits per heavy atom. The van der Waals surface area contributed by atoms with E-state index in [2.05, 4.69) is 22.2 Å². The minimum atomic E-state index is 0.298. The van der Waals surface area contributed by atoms with Crippen LogP contribution in [0.15, 0.2) is 12.4 Å². The Morgan fingerprint density at radius 1 is 1.44 bits per heavy atom. The van der Waals surface area contributed by atoms with Gasteiger partial charge in [0.1, 0.15) is 0 Å². The Bertz CT molecular complexity index is 347. The van der Waals surface area contributed by atoms with Crippen LogP contribution in [-0.4, -0.2) is 29.2 Å². The third-order valence-electron chi connectivity index (χ3n) is 3.41. The third kappa shape index (κ3) is 3.75. The van der Waals surface area contributed by atoms with E-state index >= 15 is 0 Å². The molecule has 0 spiro atoms. The monoisotopic (exact) mass is 249 g/mol. The van der Waals surface area contributed by atoms with Gasteiger partial charge in [-0.2, -0.15) is 0 Å². The van der Waals surface area contributed by atoms with Gasteiger partial charge in [0.15, 0.2) is 0 Å². The first-order valence-electron chi connectivity index (χ1n) is 6.93. The average Bonchev–Trinajstić information content (AvgIpc) is 2.89. The minimum absolute atomic E-state index is 0.298. The number of rotatable bonds is 6. The molecule has 2 rings (SSSR count). The Morgan fingerprint density at radius 3 is 2.94 bits per heavy atom. The molecule has 1 aliphatic rings. The van der Waals surface area contributed by atoms with Gasteiger partial charge in [0.25, 0.3) is 0 Å². The summed E-state index contributed by atoms with van der Waals surface area (Å²) in [5.41, 5.74) is 2.01. The summed E-state index contributed by atoms with van der Waals surface area (Å²) in [6.07, 6.45) is 8.76. The van der Waals surface area contributed by atoms with Crippen molar-refractivity contribution >= 4 is 0 Å². The van der Waals surface area contributed by atoms with Crippen molar-refractivity contribution in [1.29, 1.82) is 0 Å². The van der Waals surface area contributed by atoms with Crippen molar-refractivity contribution in [2.75, 3.05) is 13.2 Å². The van der Waals surface area contributed by atoms with E-state index in [0.717, 1.165) is 37.4 Å². The standard InChI is InChI=1S/C14H23N3O/c1-3-15-13(7-6-12-5-4-8-18-12)14-10-16-11(2)9-17-14/h9-10,12-13,15H,3-8H2,1-2H3. The maximum Gasteiger partial charge on any atom is 0.0756 e. The molecule has 1 aliphatic heterocycles. The molecule has 4 nitrogen and oxygen atoms in total. The predicted octanol–water partition coefficient (Wildman–Crippen LogP) is 2.39. The summed E-state index contributed by atoms with van der Waals surface area (Å²) in [7, 11) is 0. The summed E-state index contributed by atoms with van der Waals surface area (Å²) in [5.74, 6) is 0. The number of nitrogens with zero attached hydrogens (tertiary/aromatic N) is 2. The van der Waals surface area contributed by atoms with Gasteiger partial charge >= 0.3 is 0 Å². The third-order valence-corrected chi connectivity index (χ3v) is 3.41. The van der Waals surface area contributed by atoms with E-state index in [1.54, 1.807) is 0 Å². The van der Waals surface area contributed by atoms with Crippen molar-refractivity contribution < 1.29 is 4.74 Å². The number of hydrogen-bond donors (Lipinski definition) is 1. The van der Waals surface area contributed by atoms with Gasteiger partial charge in [-0.15, -0.1) is 0 Å². The van der Waals surface area contributed by atoms with Crippen LogP contribution in [0, 0.1) is 6.92 Å². The van der Waals surface area contributed by atoms with Crippen molar-refractivity contribution in [3.05, 3.63) is 23.8 Å². The van der Waals surface area contributed by atoms with Crippen molar-refractivity contribution in [2.45, 2.75) is 51.7 Å². The SMILES string of the molecule is CCNC(CCC1CCCO1)c1cnc(C)cn1. The van der Waals surface area contributed by atoms with Crippen LogP contribution in [0.3, 0.4) is 0 Å². The highest BCUT2D eigenvalue weighted by atomic mass is 16.5. The molecule has 2 heterocycles. The Hall–Kier alpha value is -1.00. The molecule has 0 aliphatic carbocycles. The Labute approximate surface area is 109 Å². The van der Waals surface area contributed by atoms with Crippen LogP contribution in [-0.2, 0) is 4.74 Å². The molecule has 2 unspecified atom stereocenters. The zero-order chi connectivity index (χ0) is 12.8. The van der Waals surface area contributed by atoms with E-state index in [-0.39, 0.29) is 0 Å². The lowest BCUT2D eigenvalue weighted by molar-refractivity contribution is 0.0995. The molecule has 2 atom stereocenters. The van der Waals surface area contributed by atoms with Crippen molar-refractivity contribution in [3.8, 4) is 0 Å². The normalized spacial score (nSPS) is 21.1. The highest BCUT2D eigenvalue weighted by Gasteiger charge is 2.19. The lowest BCUT2D eigenvalue weighted by atomic mass is 10.0. The molecule has 0 aromatic carbocycles. The molecule has 1 saturated heterocycles. The molecule has 0 amide bonds. The van der Waals surface area contributed by atoms with Crippen LogP contribution in [0.4, 0.5) is 0 Å². The number of aryl methyl sites for hydroxylation is 1. The molecule has 0 radical (unpaired) electrons. The van der Waals surface area contributed by atoms with Gasteiger partial charge in [-0.1, -0.05) is 6.92 Å². The van der Waals surface area contributed by atoms with Gasteiger partial charge in [-0.25, -0.2) is 0 Å². The fourth-order valence-corrected chi connectivity index (χ4v) is 2.41. The Balaban J connectivity index is 1.91. The fourth-order valence-electron chi connectivity index (χ4n) is 2.41. The molecular formula is C14H23N3O. The maximum atomic E-state index is 5.67. The second-order valence-electron chi connectivity index (χ2n) is 4.91. The van der Waals surface area contributed by atoms with Gasteiger partial charge in [0, 0.05) is 12.8 Å². The van der Waals surface area contributed by atoms with Crippen LogP contribution < -0.4 is 5.32 Å². The van der Waals surface area contributed by atoms with Crippen molar-refractivity contribution in [1.82, 2.24) is 15.3 Å². The van der Waals surface area contributed by atoms with Crippen LogP contribution in [0.2, 0.25) is 0 Å². The summed E-state index contributed by atoms with van der Waals surface area (Å²) in [6.45, 7) is 5.97. The molecule has 1 aromatic heterocycles. The van der Waals surface area contributed by atoms with Gasteiger partial charge in [0.2, 0.25) is 0 Å². The molecule has 1 N–H and O–H groups in total. The quantitative estimate of drug-likeness (QED) is 0.841. The van der Waals surface area contributed by atoms with Crippen molar-refractivity contribution in [3.63, 3.8) is 0 Å². The Kier molecular flexibility index (Phi) is 5.08. The molecular weight excluding hydrogens is 226 g/mol. The number of ether oxygens (including phenoxy) is 1. The molecule has 100 valence electrons. The number of aromatic nitrogens is 2. The largest absolute Gasteiger partial charge is 0.378 e. The zero-order valence-corrected chi connectivity index (χ0v) is 11.4. The summed E-state index contributed by atoms with van der Waals surface area (Å²) in [5, 5.41) is 3.48. The molecule has 1 aromatic rings. The van der Waals surface area contributed by atoms with E-state index in [4.69, 9.17) is 4.74 Å². The smallest absolute Gasteiger partial charge is 0.0756 e. The average molecular weight is 249 g/mol. The second kappa shape index (κ2) is 6.81. The van der Waals surface area contributed by atoms with Gasteiger partial charge in [0.05, 0.1) is 29.7 Å². The highest BCUT2D eigenvalue weighted by Crippen LogP contribution is 2.22. The van der Waals surface area contributed by atoms with Crippen LogP contribution in [0.5, 0.6) is 0 Å². The van der Waals surface area contributed by atoms with Crippen LogP contribution in [0.1, 0.15) is 50.0 Å². The number of nitrogens with one attached hydrogen (secondary N) is 1. The maximum absolute atomic E-state index is 5.67. The molecule has 18 heavy (non-hydrogen) atoms. The van der Waals surface area contributed by atoms with E-state index < -0.39 is 0 Å². The van der Waals surface area contributed by atoms with Crippen LogP contribution >= 0.6 is 0 Å². The summed E-state index contributed by atoms with van der Waals surface area (Å²) < 4.78 is 5.67.